The number of anilines is 3. The van der Waals surface area contributed by atoms with Crippen molar-refractivity contribution in [3.63, 3.8) is 0 Å². The summed E-state index contributed by atoms with van der Waals surface area (Å²) in [5, 5.41) is 10.6. The van der Waals surface area contributed by atoms with Crippen molar-refractivity contribution in [3.05, 3.63) is 68.2 Å². The van der Waals surface area contributed by atoms with Gasteiger partial charge in [0, 0.05) is 73.6 Å². The minimum atomic E-state index is -0.359. The number of amides is 3. The number of likely N-dealkylation sites (N-methyl/N-ethyl adjacent to an activating group) is 2. The summed E-state index contributed by atoms with van der Waals surface area (Å²) in [6, 6.07) is 11.6. The van der Waals surface area contributed by atoms with E-state index in [1.165, 1.54) is 25.8 Å². The van der Waals surface area contributed by atoms with Gasteiger partial charge in [-0.1, -0.05) is 59.0 Å². The van der Waals surface area contributed by atoms with Crippen molar-refractivity contribution < 1.29 is 33.3 Å². The van der Waals surface area contributed by atoms with Crippen LogP contribution in [0.15, 0.2) is 36.4 Å². The topological polar surface area (TPSA) is 212 Å². The fraction of sp³-hybridized carbons (Fsp3) is 0.550. The summed E-state index contributed by atoms with van der Waals surface area (Å²) in [7, 11) is 4.28. The first-order valence-corrected chi connectivity index (χ1v) is 28.6. The van der Waals surface area contributed by atoms with E-state index in [1.54, 1.807) is 57.2 Å². The molecular formula is C60H78Cl3N9O7. The SMILES string of the molecule is CC#CC(C)Oc1cc(N)c(Cl)cc1C(=O)NC1CC2CCCC1N2C.CC#CC(C)Oc1cc(N)c(Cl)cc1C(=O)NC1CC2COCC(C1)N2C.CC#CC(C)Oc1cc(N)c(Cl)cc1C(=O)NC1CCN2CCCC1C2. The first-order valence-electron chi connectivity index (χ1n) is 27.5. The molecule has 79 heavy (non-hydrogen) atoms. The monoisotopic (exact) mass is 1140 g/mol. The van der Waals surface area contributed by atoms with Crippen molar-refractivity contribution in [2.45, 2.75) is 160 Å². The van der Waals surface area contributed by atoms with Crippen LogP contribution in [0.2, 0.25) is 15.1 Å². The summed E-state index contributed by atoms with van der Waals surface area (Å²) in [4.78, 5) is 46.1. The van der Waals surface area contributed by atoms with Gasteiger partial charge in [-0.25, -0.2) is 0 Å². The number of nitrogens with zero attached hydrogens (tertiary/aromatic N) is 3. The number of halogens is 3. The smallest absolute Gasteiger partial charge is 0.255 e. The third kappa shape index (κ3) is 15.8. The van der Waals surface area contributed by atoms with Crippen molar-refractivity contribution in [1.82, 2.24) is 30.7 Å². The summed E-state index contributed by atoms with van der Waals surface area (Å²) < 4.78 is 23.1. The first-order chi connectivity index (χ1) is 37.8. The largest absolute Gasteiger partial charge is 0.477 e. The van der Waals surface area contributed by atoms with Gasteiger partial charge in [0.15, 0.2) is 18.3 Å². The standard InChI is InChI=1S/C20H26ClN3O3.2C20H26ClN3O2/c1-4-5-12(2)27-19-9-18(22)17(21)8-16(19)20(25)23-13-6-14-10-26-11-15(7-13)24(14)3;1-4-6-12(2)26-19-11-16(22)15(21)10-14(19)20(25)23-17-9-13-7-5-8-18(17)24(13)3;1-3-5-13(2)26-19-11-17(22)16(21)10-15(19)20(25)23-18-7-9-24-8-4-6-14(18)12-24/h8-9,12-15H,6-7,10-11,22H2,1-3H3,(H,23,25);10-13,17-18H,5,7-9,22H2,1-3H3,(H,23,25);10-11,13-14,18H,4,6-9,12,22H2,1-2H3,(H,23,25). The molecule has 3 aromatic rings. The molecule has 0 spiro atoms. The number of nitrogens with one attached hydrogen (secondary N) is 3. The predicted molar refractivity (Wildman–Crippen MR) is 315 cm³/mol. The van der Waals surface area contributed by atoms with Crippen LogP contribution in [0.5, 0.6) is 17.2 Å². The zero-order chi connectivity index (χ0) is 57.1. The molecule has 0 radical (unpaired) electrons. The predicted octanol–water partition coefficient (Wildman–Crippen LogP) is 8.30. The molecule has 6 aliphatic rings. The van der Waals surface area contributed by atoms with Gasteiger partial charge < -0.3 is 57.0 Å². The number of carbonyl (C=O) groups excluding carboxylic acids is 3. The van der Waals surface area contributed by atoms with E-state index in [0.717, 1.165) is 51.6 Å². The number of hydrogen-bond donors (Lipinski definition) is 6. The Balaban J connectivity index is 0.000000172. The van der Waals surface area contributed by atoms with E-state index in [4.69, 9.17) is 71.0 Å². The molecule has 3 aromatic carbocycles. The normalized spacial score (nSPS) is 25.8. The maximum Gasteiger partial charge on any atom is 0.255 e. The number of benzene rings is 3. The Hall–Kier alpha value is -5.74. The molecule has 6 saturated heterocycles. The molecule has 11 atom stereocenters. The first kappa shape index (κ1) is 60.9. The molecule has 0 aliphatic carbocycles. The summed E-state index contributed by atoms with van der Waals surface area (Å²) >= 11 is 18.5. The van der Waals surface area contributed by atoms with Gasteiger partial charge in [-0.15, -0.1) is 17.8 Å². The molecule has 0 saturated carbocycles. The molecule has 9 N–H and O–H groups in total. The minimum absolute atomic E-state index is 0.0876. The Morgan fingerprint density at radius 1 is 0.582 bits per heavy atom. The number of nitrogens with two attached hydrogens (primary N) is 3. The number of fused-ring (bicyclic) bond motifs is 6. The number of piperidine rings is 4. The average molecular weight is 1140 g/mol. The Kier molecular flexibility index (Phi) is 21.7. The number of morpholine rings is 1. The quantitative estimate of drug-likeness (QED) is 0.0746. The van der Waals surface area contributed by atoms with Crippen molar-refractivity contribution >= 4 is 69.6 Å². The summed E-state index contributed by atoms with van der Waals surface area (Å²) in [5.74, 6) is 18.4. The van der Waals surface area contributed by atoms with Gasteiger partial charge in [0.1, 0.15) is 17.2 Å². The number of rotatable bonds is 12. The fourth-order valence-electron chi connectivity index (χ4n) is 11.8. The van der Waals surface area contributed by atoms with E-state index in [9.17, 15) is 14.4 Å². The number of hydrogen-bond acceptors (Lipinski definition) is 13. The summed E-state index contributed by atoms with van der Waals surface area (Å²) in [5.41, 5.74) is 20.0. The minimum Gasteiger partial charge on any atom is -0.477 e. The average Bonchev–Trinajstić information content (AvgIpc) is 3.56. The fourth-order valence-corrected chi connectivity index (χ4v) is 12.2. The highest BCUT2D eigenvalue weighted by Crippen LogP contribution is 2.37. The van der Waals surface area contributed by atoms with Gasteiger partial charge >= 0.3 is 0 Å². The number of ether oxygens (including phenoxy) is 4. The summed E-state index contributed by atoms with van der Waals surface area (Å²) in [6.07, 6.45) is 8.55. The van der Waals surface area contributed by atoms with Crippen molar-refractivity contribution in [1.29, 1.82) is 0 Å². The van der Waals surface area contributed by atoms with Gasteiger partial charge in [-0.2, -0.15) is 0 Å². The lowest BCUT2D eigenvalue weighted by molar-refractivity contribution is -0.0670. The zero-order valence-corrected chi connectivity index (χ0v) is 49.0. The van der Waals surface area contributed by atoms with E-state index < -0.39 is 0 Å². The van der Waals surface area contributed by atoms with Crippen LogP contribution >= 0.6 is 34.8 Å². The molecule has 0 aromatic heterocycles. The van der Waals surface area contributed by atoms with Crippen LogP contribution in [0, 0.1) is 41.4 Å². The molecule has 19 heteroatoms. The molecular weight excluding hydrogens is 1070 g/mol. The van der Waals surface area contributed by atoms with E-state index >= 15 is 0 Å². The number of carbonyl (C=O) groups is 3. The highest BCUT2D eigenvalue weighted by Gasteiger charge is 2.43. The Morgan fingerprint density at radius 3 is 1.49 bits per heavy atom. The van der Waals surface area contributed by atoms with Crippen LogP contribution in [0.25, 0.3) is 0 Å². The van der Waals surface area contributed by atoms with Gasteiger partial charge in [-0.05, 0) is 138 Å². The second-order valence-corrected chi connectivity index (χ2v) is 22.7. The Morgan fingerprint density at radius 2 is 1.04 bits per heavy atom. The lowest BCUT2D eigenvalue weighted by atomic mass is 9.85. The van der Waals surface area contributed by atoms with Gasteiger partial charge in [-0.3, -0.25) is 24.2 Å². The van der Waals surface area contributed by atoms with Crippen LogP contribution < -0.4 is 47.4 Å². The highest BCUT2D eigenvalue weighted by molar-refractivity contribution is 6.34. The lowest BCUT2D eigenvalue weighted by Gasteiger charge is -2.46. The lowest BCUT2D eigenvalue weighted by Crippen LogP contribution is -2.59. The van der Waals surface area contributed by atoms with E-state index in [0.29, 0.717) is 109 Å². The Bertz CT molecular complexity index is 2860. The molecule has 6 aliphatic heterocycles. The van der Waals surface area contributed by atoms with Crippen molar-refractivity contribution in [2.24, 2.45) is 5.92 Å². The second-order valence-electron chi connectivity index (χ2n) is 21.4. The molecule has 3 amide bonds. The molecule has 9 rings (SSSR count). The maximum absolute atomic E-state index is 13.0. The van der Waals surface area contributed by atoms with Crippen LogP contribution in [-0.4, -0.2) is 140 Å². The Labute approximate surface area is 482 Å². The molecule has 6 bridgehead atoms. The summed E-state index contributed by atoms with van der Waals surface area (Å²) in [6.45, 7) is 15.4. The molecule has 6 heterocycles. The van der Waals surface area contributed by atoms with E-state index in [2.05, 4.69) is 80.3 Å². The van der Waals surface area contributed by atoms with Crippen LogP contribution in [0.3, 0.4) is 0 Å². The zero-order valence-electron chi connectivity index (χ0n) is 46.8. The maximum atomic E-state index is 13.0. The van der Waals surface area contributed by atoms with Gasteiger partial charge in [0.05, 0.1) is 62.0 Å². The van der Waals surface area contributed by atoms with Crippen LogP contribution in [0.4, 0.5) is 17.1 Å². The van der Waals surface area contributed by atoms with Gasteiger partial charge in [0.2, 0.25) is 0 Å². The number of nitrogen functional groups attached to an aromatic ring is 3. The molecule has 6 fully saturated rings. The third-order valence-corrected chi connectivity index (χ3v) is 16.8. The molecule has 426 valence electrons. The molecule has 11 unspecified atom stereocenters. The molecule has 16 nitrogen and oxygen atoms in total. The van der Waals surface area contributed by atoms with Crippen LogP contribution in [0.1, 0.15) is 130 Å². The van der Waals surface area contributed by atoms with E-state index in [1.807, 2.05) is 20.8 Å². The van der Waals surface area contributed by atoms with Gasteiger partial charge in [0.25, 0.3) is 17.7 Å². The third-order valence-electron chi connectivity index (χ3n) is 15.8. The highest BCUT2D eigenvalue weighted by atomic mass is 35.5. The van der Waals surface area contributed by atoms with Crippen LogP contribution in [-0.2, 0) is 4.74 Å². The van der Waals surface area contributed by atoms with Crippen molar-refractivity contribution in [2.75, 3.05) is 64.1 Å². The van der Waals surface area contributed by atoms with Crippen molar-refractivity contribution in [3.8, 4) is 52.8 Å². The second kappa shape index (κ2) is 28.1. The van der Waals surface area contributed by atoms with E-state index in [-0.39, 0.29) is 54.2 Å².